The molecular formula is C18H20N2O3. The standard InChI is InChI=1S/C18H20N2O3/c1-11-6-9-17(23-11)12(2)19-18(22)20-14-7-8-15-13(10-14)4-3-5-16(15)21/h6-10,12H,3-5H2,1-2H3,(H2,19,20,22). The Balaban J connectivity index is 1.65. The molecule has 1 aromatic heterocycles. The van der Waals surface area contributed by atoms with Gasteiger partial charge in [-0.25, -0.2) is 4.79 Å². The fourth-order valence-corrected chi connectivity index (χ4v) is 2.85. The summed E-state index contributed by atoms with van der Waals surface area (Å²) in [6.07, 6.45) is 2.36. The molecule has 120 valence electrons. The highest BCUT2D eigenvalue weighted by atomic mass is 16.3. The first-order chi connectivity index (χ1) is 11.0. The van der Waals surface area contributed by atoms with Crippen LogP contribution in [-0.2, 0) is 6.42 Å². The van der Waals surface area contributed by atoms with E-state index < -0.39 is 0 Å². The fourth-order valence-electron chi connectivity index (χ4n) is 2.85. The summed E-state index contributed by atoms with van der Waals surface area (Å²) in [6.45, 7) is 3.73. The average molecular weight is 312 g/mol. The normalized spacial score (nSPS) is 15.0. The van der Waals surface area contributed by atoms with Gasteiger partial charge in [0.1, 0.15) is 11.5 Å². The second-order valence-corrected chi connectivity index (χ2v) is 5.92. The van der Waals surface area contributed by atoms with Crippen molar-refractivity contribution in [3.05, 3.63) is 53.0 Å². The zero-order valence-corrected chi connectivity index (χ0v) is 13.3. The number of anilines is 1. The third kappa shape index (κ3) is 3.44. The summed E-state index contributed by atoms with van der Waals surface area (Å²) in [5.74, 6) is 1.71. The Kier molecular flexibility index (Phi) is 4.19. The number of aryl methyl sites for hydroxylation is 2. The van der Waals surface area contributed by atoms with Crippen LogP contribution in [0, 0.1) is 6.92 Å². The molecular weight excluding hydrogens is 292 g/mol. The van der Waals surface area contributed by atoms with Crippen LogP contribution in [0.5, 0.6) is 0 Å². The predicted molar refractivity (Wildman–Crippen MR) is 87.7 cm³/mol. The topological polar surface area (TPSA) is 71.3 Å². The van der Waals surface area contributed by atoms with Gasteiger partial charge >= 0.3 is 6.03 Å². The molecule has 0 aliphatic heterocycles. The Hall–Kier alpha value is -2.56. The van der Waals surface area contributed by atoms with Gasteiger partial charge in [-0.05, 0) is 62.6 Å². The Bertz CT molecular complexity index is 748. The van der Waals surface area contributed by atoms with E-state index in [1.165, 1.54) is 0 Å². The van der Waals surface area contributed by atoms with Crippen LogP contribution in [0.4, 0.5) is 10.5 Å². The number of furan rings is 1. The lowest BCUT2D eigenvalue weighted by Gasteiger charge is -2.17. The molecule has 1 aliphatic carbocycles. The summed E-state index contributed by atoms with van der Waals surface area (Å²) in [5, 5.41) is 5.65. The lowest BCUT2D eigenvalue weighted by atomic mass is 9.90. The molecule has 1 atom stereocenters. The van der Waals surface area contributed by atoms with Crippen LogP contribution in [-0.4, -0.2) is 11.8 Å². The Morgan fingerprint density at radius 2 is 2.04 bits per heavy atom. The molecule has 23 heavy (non-hydrogen) atoms. The van der Waals surface area contributed by atoms with Crippen LogP contribution in [0.25, 0.3) is 0 Å². The highest BCUT2D eigenvalue weighted by Crippen LogP contribution is 2.24. The number of Topliss-reactive ketones (excluding diaryl/α,β-unsaturated/α-hetero) is 1. The Morgan fingerprint density at radius 3 is 2.78 bits per heavy atom. The first kappa shape index (κ1) is 15.3. The molecule has 5 nitrogen and oxygen atoms in total. The van der Waals surface area contributed by atoms with Crippen LogP contribution in [0.3, 0.4) is 0 Å². The van der Waals surface area contributed by atoms with Crippen molar-refractivity contribution in [2.24, 2.45) is 0 Å². The van der Waals surface area contributed by atoms with Gasteiger partial charge in [0.2, 0.25) is 0 Å². The summed E-state index contributed by atoms with van der Waals surface area (Å²) in [4.78, 5) is 23.9. The lowest BCUT2D eigenvalue weighted by Crippen LogP contribution is -2.31. The molecule has 3 rings (SSSR count). The number of urea groups is 1. The summed E-state index contributed by atoms with van der Waals surface area (Å²) < 4.78 is 5.50. The molecule has 0 saturated carbocycles. The number of hydrogen-bond donors (Lipinski definition) is 2. The van der Waals surface area contributed by atoms with E-state index in [2.05, 4.69) is 10.6 Å². The Labute approximate surface area is 135 Å². The van der Waals surface area contributed by atoms with Crippen molar-refractivity contribution in [2.45, 2.75) is 39.2 Å². The van der Waals surface area contributed by atoms with Crippen LogP contribution < -0.4 is 10.6 Å². The molecule has 0 saturated heterocycles. The van der Waals surface area contributed by atoms with Crippen molar-refractivity contribution in [3.8, 4) is 0 Å². The minimum absolute atomic E-state index is 0.184. The number of amides is 2. The van der Waals surface area contributed by atoms with Crippen LogP contribution in [0.15, 0.2) is 34.7 Å². The smallest absolute Gasteiger partial charge is 0.319 e. The zero-order chi connectivity index (χ0) is 16.4. The van der Waals surface area contributed by atoms with Gasteiger partial charge in [0.15, 0.2) is 5.78 Å². The molecule has 1 heterocycles. The SMILES string of the molecule is Cc1ccc(C(C)NC(=O)Nc2ccc3c(c2)CCCC3=O)o1. The molecule has 2 N–H and O–H groups in total. The number of ketones is 1. The van der Waals surface area contributed by atoms with Crippen molar-refractivity contribution in [2.75, 3.05) is 5.32 Å². The molecule has 2 aromatic rings. The van der Waals surface area contributed by atoms with E-state index in [0.717, 1.165) is 29.7 Å². The van der Waals surface area contributed by atoms with Gasteiger partial charge < -0.3 is 15.1 Å². The first-order valence-electron chi connectivity index (χ1n) is 7.83. The summed E-state index contributed by atoms with van der Waals surface area (Å²) in [5.41, 5.74) is 2.48. The van der Waals surface area contributed by atoms with Gasteiger partial charge in [0.05, 0.1) is 6.04 Å². The number of rotatable bonds is 3. The van der Waals surface area contributed by atoms with Gasteiger partial charge in [-0.1, -0.05) is 0 Å². The number of benzene rings is 1. The number of carbonyl (C=O) groups excluding carboxylic acids is 2. The fraction of sp³-hybridized carbons (Fsp3) is 0.333. The van der Waals surface area contributed by atoms with E-state index in [1.807, 2.05) is 32.0 Å². The van der Waals surface area contributed by atoms with E-state index >= 15 is 0 Å². The molecule has 1 unspecified atom stereocenters. The predicted octanol–water partition coefficient (Wildman–Crippen LogP) is 3.99. The van der Waals surface area contributed by atoms with Crippen molar-refractivity contribution in [1.29, 1.82) is 0 Å². The van der Waals surface area contributed by atoms with Crippen LogP contribution in [0.2, 0.25) is 0 Å². The summed E-state index contributed by atoms with van der Waals surface area (Å²) in [7, 11) is 0. The largest absolute Gasteiger partial charge is 0.464 e. The molecule has 0 bridgehead atoms. The number of nitrogens with one attached hydrogen (secondary N) is 2. The van der Waals surface area contributed by atoms with Crippen molar-refractivity contribution >= 4 is 17.5 Å². The summed E-state index contributed by atoms with van der Waals surface area (Å²) in [6, 6.07) is 8.65. The minimum Gasteiger partial charge on any atom is -0.464 e. The van der Waals surface area contributed by atoms with Gasteiger partial charge in [-0.3, -0.25) is 4.79 Å². The van der Waals surface area contributed by atoms with E-state index in [-0.39, 0.29) is 17.9 Å². The number of fused-ring (bicyclic) bond motifs is 1. The molecule has 0 spiro atoms. The quantitative estimate of drug-likeness (QED) is 0.900. The maximum atomic E-state index is 12.1. The number of carbonyl (C=O) groups is 2. The third-order valence-electron chi connectivity index (χ3n) is 4.05. The first-order valence-corrected chi connectivity index (χ1v) is 7.83. The average Bonchev–Trinajstić information content (AvgIpc) is 2.94. The lowest BCUT2D eigenvalue weighted by molar-refractivity contribution is 0.0972. The van der Waals surface area contributed by atoms with Gasteiger partial charge in [0, 0.05) is 17.7 Å². The van der Waals surface area contributed by atoms with E-state index in [1.54, 1.807) is 12.1 Å². The van der Waals surface area contributed by atoms with Crippen molar-refractivity contribution in [1.82, 2.24) is 5.32 Å². The second-order valence-electron chi connectivity index (χ2n) is 5.92. The monoisotopic (exact) mass is 312 g/mol. The third-order valence-corrected chi connectivity index (χ3v) is 4.05. The highest BCUT2D eigenvalue weighted by Gasteiger charge is 2.18. The number of hydrogen-bond acceptors (Lipinski definition) is 3. The van der Waals surface area contributed by atoms with Gasteiger partial charge in [-0.2, -0.15) is 0 Å². The Morgan fingerprint density at radius 1 is 1.22 bits per heavy atom. The molecule has 1 aliphatic rings. The van der Waals surface area contributed by atoms with Crippen LogP contribution >= 0.6 is 0 Å². The van der Waals surface area contributed by atoms with E-state index in [4.69, 9.17) is 4.42 Å². The molecule has 1 aromatic carbocycles. The molecule has 2 amide bonds. The highest BCUT2D eigenvalue weighted by molar-refractivity contribution is 5.99. The van der Waals surface area contributed by atoms with Crippen molar-refractivity contribution in [3.63, 3.8) is 0 Å². The van der Waals surface area contributed by atoms with Crippen molar-refractivity contribution < 1.29 is 14.0 Å². The molecule has 5 heteroatoms. The second kappa shape index (κ2) is 6.28. The van der Waals surface area contributed by atoms with E-state index in [9.17, 15) is 9.59 Å². The molecule has 0 radical (unpaired) electrons. The van der Waals surface area contributed by atoms with E-state index in [0.29, 0.717) is 17.9 Å². The van der Waals surface area contributed by atoms with Crippen LogP contribution in [0.1, 0.15) is 53.2 Å². The minimum atomic E-state index is -0.298. The zero-order valence-electron chi connectivity index (χ0n) is 13.3. The van der Waals surface area contributed by atoms with Gasteiger partial charge in [0.25, 0.3) is 0 Å². The molecule has 0 fully saturated rings. The maximum Gasteiger partial charge on any atom is 0.319 e. The maximum absolute atomic E-state index is 12.1. The summed E-state index contributed by atoms with van der Waals surface area (Å²) >= 11 is 0. The van der Waals surface area contributed by atoms with Gasteiger partial charge in [-0.15, -0.1) is 0 Å².